The Labute approximate surface area is 133 Å². The Morgan fingerprint density at radius 3 is 2.57 bits per heavy atom. The molecule has 2 nitrogen and oxygen atoms in total. The van der Waals surface area contributed by atoms with Gasteiger partial charge in [-0.25, -0.2) is 4.99 Å². The van der Waals surface area contributed by atoms with Crippen LogP contribution in [0.1, 0.15) is 30.4 Å². The van der Waals surface area contributed by atoms with Crippen LogP contribution in [0, 0.1) is 0 Å². The minimum absolute atomic E-state index is 0.274. The first-order valence-corrected chi connectivity index (χ1v) is 8.28. The number of halogens is 1. The molecule has 0 N–H and O–H groups in total. The predicted octanol–water partition coefficient (Wildman–Crippen LogP) is 4.94. The van der Waals surface area contributed by atoms with Crippen molar-refractivity contribution >= 4 is 27.5 Å². The number of para-hydroxylation sites is 1. The topological polar surface area (TPSA) is 21.6 Å². The van der Waals surface area contributed by atoms with Crippen LogP contribution in [-0.2, 0) is 10.3 Å². The van der Waals surface area contributed by atoms with Crippen LogP contribution in [0.25, 0.3) is 0 Å². The van der Waals surface area contributed by atoms with E-state index in [1.54, 1.807) is 0 Å². The van der Waals surface area contributed by atoms with Crippen LogP contribution in [0.4, 0.5) is 5.69 Å². The Morgan fingerprint density at radius 2 is 1.81 bits per heavy atom. The Hall–Kier alpha value is -1.61. The van der Waals surface area contributed by atoms with Gasteiger partial charge in [0.15, 0.2) is 5.60 Å². The summed E-state index contributed by atoms with van der Waals surface area (Å²) in [5, 5.41) is 0. The summed E-state index contributed by atoms with van der Waals surface area (Å²) in [5.74, 6) is 0.737. The van der Waals surface area contributed by atoms with E-state index in [-0.39, 0.29) is 5.60 Å². The van der Waals surface area contributed by atoms with Crippen LogP contribution < -0.4 is 0 Å². The zero-order valence-electron chi connectivity index (χ0n) is 11.6. The Balaban J connectivity index is 1.88. The zero-order chi connectivity index (χ0) is 14.3. The van der Waals surface area contributed by atoms with E-state index >= 15 is 0 Å². The Bertz CT molecular complexity index is 697. The number of ether oxygens (including phenoxy) is 1. The van der Waals surface area contributed by atoms with Gasteiger partial charge in [0.05, 0.1) is 10.5 Å². The Morgan fingerprint density at radius 1 is 1.05 bits per heavy atom. The summed E-state index contributed by atoms with van der Waals surface area (Å²) in [5.41, 5.74) is 3.01. The van der Waals surface area contributed by atoms with Gasteiger partial charge in [-0.05, 0) is 37.5 Å². The molecule has 0 amide bonds. The highest BCUT2D eigenvalue weighted by Gasteiger charge is 2.49. The molecule has 2 atom stereocenters. The number of alkyl halides is 1. The summed E-state index contributed by atoms with van der Waals surface area (Å²) in [6.45, 7) is 0. The molecule has 1 fully saturated rings. The van der Waals surface area contributed by atoms with Gasteiger partial charge in [0.1, 0.15) is 0 Å². The van der Waals surface area contributed by atoms with Crippen molar-refractivity contribution in [1.82, 2.24) is 0 Å². The van der Waals surface area contributed by atoms with Crippen LogP contribution in [0.5, 0.6) is 0 Å². The molecule has 2 aromatic carbocycles. The highest BCUT2D eigenvalue weighted by molar-refractivity contribution is 9.09. The van der Waals surface area contributed by atoms with Crippen LogP contribution >= 0.6 is 15.9 Å². The summed E-state index contributed by atoms with van der Waals surface area (Å²) in [6, 6.07) is 18.5. The summed E-state index contributed by atoms with van der Waals surface area (Å²) >= 11 is 3.85. The van der Waals surface area contributed by atoms with Gasteiger partial charge in [-0.15, -0.1) is 0 Å². The zero-order valence-corrected chi connectivity index (χ0v) is 13.2. The third-order valence-electron chi connectivity index (χ3n) is 4.39. The number of fused-ring (bicyclic) bond motifs is 2. The molecule has 4 rings (SSSR count). The number of aliphatic imine (C=N–C) groups is 1. The van der Waals surface area contributed by atoms with E-state index in [2.05, 4.69) is 46.3 Å². The summed E-state index contributed by atoms with van der Waals surface area (Å²) in [6.07, 6.45) is 3.34. The predicted molar refractivity (Wildman–Crippen MR) is 88.4 cm³/mol. The van der Waals surface area contributed by atoms with E-state index in [1.807, 2.05) is 24.3 Å². The van der Waals surface area contributed by atoms with Gasteiger partial charge in [-0.3, -0.25) is 0 Å². The minimum atomic E-state index is -0.274. The van der Waals surface area contributed by atoms with Gasteiger partial charge >= 0.3 is 0 Å². The third-order valence-corrected chi connectivity index (χ3v) is 5.59. The van der Waals surface area contributed by atoms with Gasteiger partial charge in [0, 0.05) is 11.1 Å². The lowest BCUT2D eigenvalue weighted by Crippen LogP contribution is -2.39. The standard InChI is InChI=1S/C18H16BrNO/c19-16-11-6-12-18(16)14-9-4-5-10-15(14)20-17(21-18)13-7-2-1-3-8-13/h1-5,7-10,16H,6,11-12H2. The van der Waals surface area contributed by atoms with Gasteiger partial charge in [-0.1, -0.05) is 52.3 Å². The molecule has 0 bridgehead atoms. The van der Waals surface area contributed by atoms with Crippen molar-refractivity contribution in [1.29, 1.82) is 0 Å². The minimum Gasteiger partial charge on any atom is -0.464 e. The molecule has 2 aliphatic rings. The normalized spacial score (nSPS) is 27.1. The van der Waals surface area contributed by atoms with Gasteiger partial charge in [-0.2, -0.15) is 0 Å². The molecule has 1 aliphatic heterocycles. The summed E-state index contributed by atoms with van der Waals surface area (Å²) < 4.78 is 6.46. The van der Waals surface area contributed by atoms with Crippen LogP contribution in [0.3, 0.4) is 0 Å². The maximum Gasteiger partial charge on any atom is 0.222 e. The first-order valence-electron chi connectivity index (χ1n) is 7.36. The number of nitrogens with zero attached hydrogens (tertiary/aromatic N) is 1. The van der Waals surface area contributed by atoms with Crippen LogP contribution in [0.2, 0.25) is 0 Å². The number of hydrogen-bond donors (Lipinski definition) is 0. The lowest BCUT2D eigenvalue weighted by atomic mass is 9.89. The van der Waals surface area contributed by atoms with E-state index in [0.717, 1.165) is 30.0 Å². The second-order valence-electron chi connectivity index (χ2n) is 5.65. The SMILES string of the molecule is BrC1CCCC12OC(c1ccccc1)=Nc1ccccc12. The first kappa shape index (κ1) is 13.1. The van der Waals surface area contributed by atoms with E-state index in [9.17, 15) is 0 Å². The molecule has 1 heterocycles. The Kier molecular flexibility index (Phi) is 3.11. The lowest BCUT2D eigenvalue weighted by Gasteiger charge is -2.38. The smallest absolute Gasteiger partial charge is 0.222 e. The van der Waals surface area contributed by atoms with Crippen molar-refractivity contribution in [2.75, 3.05) is 0 Å². The average Bonchev–Trinajstić information content (AvgIpc) is 2.89. The molecule has 0 aromatic heterocycles. The maximum absolute atomic E-state index is 6.46. The highest BCUT2D eigenvalue weighted by atomic mass is 79.9. The van der Waals surface area contributed by atoms with Crippen LogP contribution in [0.15, 0.2) is 59.6 Å². The average molecular weight is 342 g/mol. The number of rotatable bonds is 1. The summed E-state index contributed by atoms with van der Waals surface area (Å²) in [7, 11) is 0. The molecule has 0 saturated heterocycles. The maximum atomic E-state index is 6.46. The van der Waals surface area contributed by atoms with Crippen molar-refractivity contribution in [2.24, 2.45) is 4.99 Å². The molecular formula is C18H16BrNO. The molecule has 0 radical (unpaired) electrons. The van der Waals surface area contributed by atoms with E-state index in [4.69, 9.17) is 9.73 Å². The number of benzene rings is 2. The molecule has 106 valence electrons. The highest BCUT2D eigenvalue weighted by Crippen LogP contribution is 2.51. The van der Waals surface area contributed by atoms with Crippen molar-refractivity contribution in [3.05, 3.63) is 65.7 Å². The van der Waals surface area contributed by atoms with E-state index in [1.165, 1.54) is 12.0 Å². The molecule has 1 spiro atoms. The fraction of sp³-hybridized carbons (Fsp3) is 0.278. The molecule has 2 unspecified atom stereocenters. The van der Waals surface area contributed by atoms with Gasteiger partial charge in [0.2, 0.25) is 5.90 Å². The number of hydrogen-bond acceptors (Lipinski definition) is 2. The van der Waals surface area contributed by atoms with Crippen LogP contribution in [-0.4, -0.2) is 10.7 Å². The molecule has 3 heteroatoms. The fourth-order valence-electron chi connectivity index (χ4n) is 3.34. The van der Waals surface area contributed by atoms with Gasteiger partial charge < -0.3 is 4.74 Å². The molecule has 1 saturated carbocycles. The molecule has 21 heavy (non-hydrogen) atoms. The quantitative estimate of drug-likeness (QED) is 0.673. The second kappa shape index (κ2) is 4.99. The molecule has 2 aromatic rings. The first-order chi connectivity index (χ1) is 10.3. The third kappa shape index (κ3) is 2.03. The largest absolute Gasteiger partial charge is 0.464 e. The van der Waals surface area contributed by atoms with Crippen molar-refractivity contribution in [2.45, 2.75) is 29.7 Å². The van der Waals surface area contributed by atoms with Crippen molar-refractivity contribution in [3.8, 4) is 0 Å². The van der Waals surface area contributed by atoms with E-state index in [0.29, 0.717) is 4.83 Å². The van der Waals surface area contributed by atoms with Crippen molar-refractivity contribution < 1.29 is 4.74 Å². The second-order valence-corrected chi connectivity index (χ2v) is 6.76. The monoisotopic (exact) mass is 341 g/mol. The summed E-state index contributed by atoms with van der Waals surface area (Å²) in [4.78, 5) is 5.08. The molecule has 1 aliphatic carbocycles. The fourth-order valence-corrected chi connectivity index (χ4v) is 4.24. The molecular weight excluding hydrogens is 326 g/mol. The van der Waals surface area contributed by atoms with Gasteiger partial charge in [0.25, 0.3) is 0 Å². The lowest BCUT2D eigenvalue weighted by molar-refractivity contribution is 0.0645. The van der Waals surface area contributed by atoms with E-state index < -0.39 is 0 Å². The van der Waals surface area contributed by atoms with Crippen molar-refractivity contribution in [3.63, 3.8) is 0 Å².